The van der Waals surface area contributed by atoms with Gasteiger partial charge < -0.3 is 9.84 Å². The molecule has 1 heterocycles. The number of carbonyl (C=O) groups is 1. The van der Waals surface area contributed by atoms with E-state index in [1.165, 1.54) is 6.92 Å². The number of aliphatic hydroxyl groups excluding tert-OH is 1. The summed E-state index contributed by atoms with van der Waals surface area (Å²) in [6.45, 7) is 1.87. The van der Waals surface area contributed by atoms with Gasteiger partial charge >= 0.3 is 0 Å². The van der Waals surface area contributed by atoms with Crippen molar-refractivity contribution in [2.45, 2.75) is 19.6 Å². The molecule has 3 rings (SSSR count). The summed E-state index contributed by atoms with van der Waals surface area (Å²) < 4.78 is 7.14. The van der Waals surface area contributed by atoms with Gasteiger partial charge in [0.15, 0.2) is 11.6 Å². The fraction of sp³-hybridized carbons (Fsp3) is 0.211. The molecule has 1 atom stereocenters. The van der Waals surface area contributed by atoms with Crippen LogP contribution in [-0.2, 0) is 6.54 Å². The number of carbonyl (C=O) groups excluding carboxylic acids is 1. The fourth-order valence-corrected chi connectivity index (χ4v) is 2.37. The Kier molecular flexibility index (Phi) is 5.20. The Balaban J connectivity index is 1.56. The van der Waals surface area contributed by atoms with Gasteiger partial charge in [-0.2, -0.15) is 5.10 Å². The van der Waals surface area contributed by atoms with Gasteiger partial charge in [0, 0.05) is 11.1 Å². The molecule has 128 valence electrons. The van der Waals surface area contributed by atoms with Gasteiger partial charge in [-0.1, -0.05) is 42.5 Å². The van der Waals surface area contributed by atoms with Crippen molar-refractivity contribution < 1.29 is 14.6 Å². The third-order valence-corrected chi connectivity index (χ3v) is 3.65. The summed E-state index contributed by atoms with van der Waals surface area (Å²) in [6, 6.07) is 16.5. The molecule has 0 radical (unpaired) electrons. The quantitative estimate of drug-likeness (QED) is 0.671. The van der Waals surface area contributed by atoms with E-state index in [-0.39, 0.29) is 18.9 Å². The standard InChI is InChI=1S/C19H19N3O3/c1-14(23)16-8-5-9-18(10-16)25-12-17(24)11-22-13-20-19(21-22)15-6-3-2-4-7-15/h2-10,13,17,24H,11-12H2,1H3. The maximum Gasteiger partial charge on any atom is 0.181 e. The van der Waals surface area contributed by atoms with Gasteiger partial charge in [-0.3, -0.25) is 4.79 Å². The smallest absolute Gasteiger partial charge is 0.181 e. The van der Waals surface area contributed by atoms with Crippen LogP contribution in [0.1, 0.15) is 17.3 Å². The van der Waals surface area contributed by atoms with Crippen molar-refractivity contribution in [3.8, 4) is 17.1 Å². The molecule has 0 saturated heterocycles. The first-order valence-corrected chi connectivity index (χ1v) is 7.98. The van der Waals surface area contributed by atoms with Gasteiger partial charge in [0.2, 0.25) is 0 Å². The third-order valence-electron chi connectivity index (χ3n) is 3.65. The second-order valence-electron chi connectivity index (χ2n) is 5.71. The molecule has 0 aliphatic carbocycles. The largest absolute Gasteiger partial charge is 0.491 e. The summed E-state index contributed by atoms with van der Waals surface area (Å²) in [5.74, 6) is 1.14. The van der Waals surface area contributed by atoms with Gasteiger partial charge in [-0.25, -0.2) is 9.67 Å². The highest BCUT2D eigenvalue weighted by Gasteiger charge is 2.10. The van der Waals surface area contributed by atoms with Crippen LogP contribution in [0, 0.1) is 0 Å². The van der Waals surface area contributed by atoms with Crippen LogP contribution in [0.3, 0.4) is 0 Å². The summed E-state index contributed by atoms with van der Waals surface area (Å²) in [6.07, 6.45) is 0.841. The average Bonchev–Trinajstić information content (AvgIpc) is 3.09. The van der Waals surface area contributed by atoms with Gasteiger partial charge in [-0.05, 0) is 19.1 Å². The number of ketones is 1. The first-order valence-electron chi connectivity index (χ1n) is 7.98. The Hall–Kier alpha value is -2.99. The average molecular weight is 337 g/mol. The topological polar surface area (TPSA) is 77.2 Å². The summed E-state index contributed by atoms with van der Waals surface area (Å²) in [7, 11) is 0. The molecule has 1 unspecified atom stereocenters. The van der Waals surface area contributed by atoms with Crippen LogP contribution in [0.15, 0.2) is 60.9 Å². The zero-order chi connectivity index (χ0) is 17.6. The molecule has 0 bridgehead atoms. The predicted octanol–water partition coefficient (Wildman–Crippen LogP) is 2.59. The molecule has 1 aromatic heterocycles. The number of aliphatic hydroxyl groups is 1. The minimum atomic E-state index is -0.744. The SMILES string of the molecule is CC(=O)c1cccc(OCC(O)Cn2cnc(-c3ccccc3)n2)c1. The van der Waals surface area contributed by atoms with Crippen molar-refractivity contribution in [3.05, 3.63) is 66.5 Å². The molecule has 0 saturated carbocycles. The Labute approximate surface area is 145 Å². The van der Waals surface area contributed by atoms with Gasteiger partial charge in [0.25, 0.3) is 0 Å². The molecule has 3 aromatic rings. The molecule has 25 heavy (non-hydrogen) atoms. The highest BCUT2D eigenvalue weighted by atomic mass is 16.5. The maximum atomic E-state index is 11.4. The second kappa shape index (κ2) is 7.72. The Bertz CT molecular complexity index is 846. The van der Waals surface area contributed by atoms with Gasteiger partial charge in [0.05, 0.1) is 6.54 Å². The zero-order valence-corrected chi connectivity index (χ0v) is 13.9. The Morgan fingerprint density at radius 3 is 2.76 bits per heavy atom. The minimum absolute atomic E-state index is 0.0259. The molecule has 1 N–H and O–H groups in total. The van der Waals surface area contributed by atoms with Crippen molar-refractivity contribution in [2.24, 2.45) is 0 Å². The number of rotatable bonds is 7. The van der Waals surface area contributed by atoms with Crippen LogP contribution in [0.25, 0.3) is 11.4 Å². The lowest BCUT2D eigenvalue weighted by atomic mass is 10.1. The maximum absolute atomic E-state index is 11.4. The zero-order valence-electron chi connectivity index (χ0n) is 13.9. The second-order valence-corrected chi connectivity index (χ2v) is 5.71. The van der Waals surface area contributed by atoms with E-state index in [4.69, 9.17) is 4.74 Å². The van der Waals surface area contributed by atoms with Crippen molar-refractivity contribution in [1.82, 2.24) is 14.8 Å². The fourth-order valence-electron chi connectivity index (χ4n) is 2.37. The van der Waals surface area contributed by atoms with Gasteiger partial charge in [-0.15, -0.1) is 0 Å². The number of nitrogens with zero attached hydrogens (tertiary/aromatic N) is 3. The molecule has 0 aliphatic rings. The first kappa shape index (κ1) is 16.9. The molecular formula is C19H19N3O3. The third kappa shape index (κ3) is 4.51. The summed E-state index contributed by atoms with van der Waals surface area (Å²) in [4.78, 5) is 15.6. The highest BCUT2D eigenvalue weighted by Crippen LogP contribution is 2.15. The molecule has 6 nitrogen and oxygen atoms in total. The Morgan fingerprint density at radius 1 is 1.20 bits per heavy atom. The molecule has 0 aliphatic heterocycles. The van der Waals surface area contributed by atoms with Crippen molar-refractivity contribution >= 4 is 5.78 Å². The number of Topliss-reactive ketones (excluding diaryl/α,β-unsaturated/α-hetero) is 1. The van der Waals surface area contributed by atoms with E-state index in [2.05, 4.69) is 10.1 Å². The number of aromatic nitrogens is 3. The highest BCUT2D eigenvalue weighted by molar-refractivity contribution is 5.94. The lowest BCUT2D eigenvalue weighted by molar-refractivity contribution is 0.0892. The van der Waals surface area contributed by atoms with E-state index in [0.717, 1.165) is 5.56 Å². The molecule has 0 fully saturated rings. The molecule has 0 amide bonds. The van der Waals surface area contributed by atoms with E-state index >= 15 is 0 Å². The molecule has 2 aromatic carbocycles. The van der Waals surface area contributed by atoms with E-state index in [9.17, 15) is 9.90 Å². The number of benzene rings is 2. The van der Waals surface area contributed by atoms with Crippen molar-refractivity contribution in [1.29, 1.82) is 0 Å². The van der Waals surface area contributed by atoms with E-state index in [0.29, 0.717) is 17.1 Å². The Morgan fingerprint density at radius 2 is 2.00 bits per heavy atom. The van der Waals surface area contributed by atoms with E-state index in [1.807, 2.05) is 30.3 Å². The van der Waals surface area contributed by atoms with Crippen LogP contribution in [-0.4, -0.2) is 38.4 Å². The first-order chi connectivity index (χ1) is 12.1. The molecular weight excluding hydrogens is 318 g/mol. The number of hydrogen-bond acceptors (Lipinski definition) is 5. The normalized spacial score (nSPS) is 11.9. The van der Waals surface area contributed by atoms with Crippen molar-refractivity contribution in [3.63, 3.8) is 0 Å². The van der Waals surface area contributed by atoms with Crippen LogP contribution in [0.5, 0.6) is 5.75 Å². The van der Waals surface area contributed by atoms with Gasteiger partial charge in [0.1, 0.15) is 24.8 Å². The lowest BCUT2D eigenvalue weighted by Crippen LogP contribution is -2.24. The number of ether oxygens (including phenoxy) is 1. The summed E-state index contributed by atoms with van der Waals surface area (Å²) >= 11 is 0. The van der Waals surface area contributed by atoms with E-state index in [1.54, 1.807) is 35.3 Å². The predicted molar refractivity (Wildman–Crippen MR) is 93.4 cm³/mol. The van der Waals surface area contributed by atoms with Crippen LogP contribution >= 0.6 is 0 Å². The van der Waals surface area contributed by atoms with Crippen molar-refractivity contribution in [2.75, 3.05) is 6.61 Å². The number of hydrogen-bond donors (Lipinski definition) is 1. The molecule has 0 spiro atoms. The monoisotopic (exact) mass is 337 g/mol. The molecule has 6 heteroatoms. The van der Waals surface area contributed by atoms with Crippen LogP contribution < -0.4 is 4.74 Å². The lowest BCUT2D eigenvalue weighted by Gasteiger charge is -2.12. The summed E-state index contributed by atoms with van der Waals surface area (Å²) in [5, 5.41) is 14.5. The minimum Gasteiger partial charge on any atom is -0.491 e. The summed E-state index contributed by atoms with van der Waals surface area (Å²) in [5.41, 5.74) is 1.50. The van der Waals surface area contributed by atoms with Crippen LogP contribution in [0.4, 0.5) is 0 Å². The van der Waals surface area contributed by atoms with Crippen LogP contribution in [0.2, 0.25) is 0 Å². The van der Waals surface area contributed by atoms with E-state index < -0.39 is 6.10 Å².